The second-order valence-electron chi connectivity index (χ2n) is 7.60. The first-order chi connectivity index (χ1) is 15.1. The minimum absolute atomic E-state index is 0.0460. The molecule has 0 bridgehead atoms. The van der Waals surface area contributed by atoms with E-state index in [-0.39, 0.29) is 17.6 Å². The summed E-state index contributed by atoms with van der Waals surface area (Å²) >= 11 is 1.62. The number of nitrogens with one attached hydrogen (secondary N) is 1. The van der Waals surface area contributed by atoms with E-state index in [9.17, 15) is 9.18 Å². The Hall–Kier alpha value is -2.81. The van der Waals surface area contributed by atoms with Crippen LogP contribution in [0.25, 0.3) is 11.5 Å². The summed E-state index contributed by atoms with van der Waals surface area (Å²) in [5.41, 5.74) is 2.01. The van der Waals surface area contributed by atoms with Crippen LogP contribution in [0.4, 0.5) is 10.1 Å². The van der Waals surface area contributed by atoms with Crippen molar-refractivity contribution in [2.45, 2.75) is 46.1 Å². The highest BCUT2D eigenvalue weighted by Crippen LogP contribution is 2.29. The highest BCUT2D eigenvalue weighted by molar-refractivity contribution is 7.09. The SMILES string of the molecule is CCc1noc(-c2ccc(N3CCC(C(=O)NCc4csc(CC)n4)CC3)c(F)c2)n1. The molecular weight excluding hydrogens is 417 g/mol. The first-order valence-electron chi connectivity index (χ1n) is 10.7. The Kier molecular flexibility index (Phi) is 6.60. The van der Waals surface area contributed by atoms with Crippen LogP contribution in [0.1, 0.15) is 43.2 Å². The number of carbonyl (C=O) groups excluding carboxylic acids is 1. The maximum Gasteiger partial charge on any atom is 0.258 e. The Morgan fingerprint density at radius 1 is 1.26 bits per heavy atom. The highest BCUT2D eigenvalue weighted by Gasteiger charge is 2.26. The van der Waals surface area contributed by atoms with Crippen molar-refractivity contribution in [3.8, 4) is 11.5 Å². The van der Waals surface area contributed by atoms with Crippen molar-refractivity contribution in [3.05, 3.63) is 45.9 Å². The second-order valence-corrected chi connectivity index (χ2v) is 8.54. The second kappa shape index (κ2) is 9.55. The third-order valence-electron chi connectivity index (χ3n) is 5.53. The minimum Gasteiger partial charge on any atom is -0.369 e. The number of aryl methyl sites for hydroxylation is 2. The van der Waals surface area contributed by atoms with E-state index in [4.69, 9.17) is 4.52 Å². The predicted octanol–water partition coefficient (Wildman–Crippen LogP) is 3.99. The molecule has 3 aromatic rings. The smallest absolute Gasteiger partial charge is 0.258 e. The lowest BCUT2D eigenvalue weighted by Gasteiger charge is -2.33. The summed E-state index contributed by atoms with van der Waals surface area (Å²) in [4.78, 5) is 23.3. The summed E-state index contributed by atoms with van der Waals surface area (Å²) in [7, 11) is 0. The van der Waals surface area contributed by atoms with Crippen molar-refractivity contribution in [2.24, 2.45) is 5.92 Å². The maximum absolute atomic E-state index is 14.8. The van der Waals surface area contributed by atoms with Crippen LogP contribution in [-0.4, -0.2) is 34.1 Å². The first-order valence-corrected chi connectivity index (χ1v) is 11.5. The largest absolute Gasteiger partial charge is 0.369 e. The summed E-state index contributed by atoms with van der Waals surface area (Å²) in [5, 5.41) is 9.92. The van der Waals surface area contributed by atoms with Crippen LogP contribution in [0.2, 0.25) is 0 Å². The van der Waals surface area contributed by atoms with Gasteiger partial charge in [0.2, 0.25) is 5.91 Å². The molecule has 1 N–H and O–H groups in total. The molecule has 0 aliphatic carbocycles. The zero-order valence-electron chi connectivity index (χ0n) is 17.7. The summed E-state index contributed by atoms with van der Waals surface area (Å²) in [5.74, 6) is 0.578. The lowest BCUT2D eigenvalue weighted by Crippen LogP contribution is -2.40. The zero-order valence-corrected chi connectivity index (χ0v) is 18.5. The predicted molar refractivity (Wildman–Crippen MR) is 117 cm³/mol. The molecule has 0 saturated carbocycles. The molecule has 1 fully saturated rings. The maximum atomic E-state index is 14.8. The molecule has 1 aliphatic heterocycles. The van der Waals surface area contributed by atoms with E-state index in [0.717, 1.165) is 17.1 Å². The van der Waals surface area contributed by atoms with E-state index in [1.165, 1.54) is 6.07 Å². The van der Waals surface area contributed by atoms with E-state index >= 15 is 0 Å². The summed E-state index contributed by atoms with van der Waals surface area (Å²) in [6, 6.07) is 4.97. The molecule has 31 heavy (non-hydrogen) atoms. The molecule has 0 unspecified atom stereocenters. The van der Waals surface area contributed by atoms with Crippen molar-refractivity contribution in [1.82, 2.24) is 20.4 Å². The van der Waals surface area contributed by atoms with Gasteiger partial charge in [-0.2, -0.15) is 4.98 Å². The van der Waals surface area contributed by atoms with Crippen molar-refractivity contribution in [3.63, 3.8) is 0 Å². The number of hydrogen-bond donors (Lipinski definition) is 1. The molecule has 4 rings (SSSR count). The quantitative estimate of drug-likeness (QED) is 0.594. The number of anilines is 1. The summed E-state index contributed by atoms with van der Waals surface area (Å²) in [6.45, 7) is 5.72. The Morgan fingerprint density at radius 3 is 2.71 bits per heavy atom. The molecule has 3 heterocycles. The summed E-state index contributed by atoms with van der Waals surface area (Å²) in [6.07, 6.45) is 2.95. The third-order valence-corrected chi connectivity index (χ3v) is 6.57. The number of piperidine rings is 1. The highest BCUT2D eigenvalue weighted by atomic mass is 32.1. The number of nitrogens with zero attached hydrogens (tertiary/aromatic N) is 4. The lowest BCUT2D eigenvalue weighted by molar-refractivity contribution is -0.125. The van der Waals surface area contributed by atoms with Gasteiger partial charge in [-0.05, 0) is 37.5 Å². The van der Waals surface area contributed by atoms with Crippen LogP contribution < -0.4 is 10.2 Å². The molecule has 1 amide bonds. The number of aromatic nitrogens is 3. The fraction of sp³-hybridized carbons (Fsp3) is 0.455. The number of amides is 1. The van der Waals surface area contributed by atoms with Crippen LogP contribution in [0, 0.1) is 11.7 Å². The van der Waals surface area contributed by atoms with Gasteiger partial charge in [0.25, 0.3) is 5.89 Å². The van der Waals surface area contributed by atoms with E-state index in [2.05, 4.69) is 27.4 Å². The Balaban J connectivity index is 1.32. The molecule has 164 valence electrons. The van der Waals surface area contributed by atoms with Gasteiger partial charge < -0.3 is 14.7 Å². The normalized spacial score (nSPS) is 14.7. The van der Waals surface area contributed by atoms with Gasteiger partial charge in [-0.1, -0.05) is 19.0 Å². The summed E-state index contributed by atoms with van der Waals surface area (Å²) < 4.78 is 20.0. The Morgan fingerprint density at radius 2 is 2.06 bits per heavy atom. The van der Waals surface area contributed by atoms with Crippen molar-refractivity contribution in [2.75, 3.05) is 18.0 Å². The first kappa shape index (κ1) is 21.4. The van der Waals surface area contributed by atoms with Gasteiger partial charge in [0.15, 0.2) is 5.82 Å². The van der Waals surface area contributed by atoms with Gasteiger partial charge in [-0.25, -0.2) is 9.37 Å². The average molecular weight is 444 g/mol. The van der Waals surface area contributed by atoms with Crippen LogP contribution in [0.15, 0.2) is 28.1 Å². The molecule has 0 spiro atoms. The van der Waals surface area contributed by atoms with Crippen molar-refractivity contribution in [1.29, 1.82) is 0 Å². The zero-order chi connectivity index (χ0) is 21.8. The number of halogens is 1. The third kappa shape index (κ3) is 4.92. The molecule has 1 aromatic carbocycles. The minimum atomic E-state index is -0.327. The van der Waals surface area contributed by atoms with Crippen LogP contribution in [0.3, 0.4) is 0 Å². The van der Waals surface area contributed by atoms with Crippen LogP contribution in [0.5, 0.6) is 0 Å². The molecule has 9 heteroatoms. The molecule has 0 radical (unpaired) electrons. The number of hydrogen-bond acceptors (Lipinski definition) is 7. The van der Waals surface area contributed by atoms with Crippen molar-refractivity contribution < 1.29 is 13.7 Å². The average Bonchev–Trinajstić information content (AvgIpc) is 3.47. The molecular formula is C22H26FN5O2S. The topological polar surface area (TPSA) is 84.2 Å². The number of carbonyl (C=O) groups is 1. The van der Waals surface area contributed by atoms with Crippen LogP contribution >= 0.6 is 11.3 Å². The van der Waals surface area contributed by atoms with Crippen molar-refractivity contribution >= 4 is 22.9 Å². The van der Waals surface area contributed by atoms with Gasteiger partial charge in [0, 0.05) is 36.4 Å². The van der Waals surface area contributed by atoms with Crippen LogP contribution in [-0.2, 0) is 24.2 Å². The van der Waals surface area contributed by atoms with Gasteiger partial charge in [0.05, 0.1) is 22.9 Å². The molecule has 1 aliphatic rings. The molecule has 2 aromatic heterocycles. The van der Waals surface area contributed by atoms with Gasteiger partial charge in [0.1, 0.15) is 5.82 Å². The molecule has 7 nitrogen and oxygen atoms in total. The Bertz CT molecular complexity index is 1040. The Labute approximate surface area is 184 Å². The molecule has 0 atom stereocenters. The van der Waals surface area contributed by atoms with Gasteiger partial charge in [-0.3, -0.25) is 4.79 Å². The van der Waals surface area contributed by atoms with E-state index in [1.807, 2.05) is 17.2 Å². The fourth-order valence-electron chi connectivity index (χ4n) is 3.71. The van der Waals surface area contributed by atoms with Gasteiger partial charge in [-0.15, -0.1) is 11.3 Å². The van der Waals surface area contributed by atoms with E-state index < -0.39 is 0 Å². The standard InChI is InChI=1S/C22H26FN5O2S/c1-3-19-26-22(30-27-19)15-5-6-18(17(23)11-15)28-9-7-14(8-10-28)21(29)24-12-16-13-31-20(4-2)25-16/h5-6,11,13-14H,3-4,7-10,12H2,1-2H3,(H,24,29). The molecule has 1 saturated heterocycles. The number of rotatable bonds is 7. The fourth-order valence-corrected chi connectivity index (χ4v) is 4.45. The number of thiazole rings is 1. The monoisotopic (exact) mass is 443 g/mol. The number of benzene rings is 1. The lowest BCUT2D eigenvalue weighted by atomic mass is 9.95. The van der Waals surface area contributed by atoms with E-state index in [1.54, 1.807) is 23.5 Å². The van der Waals surface area contributed by atoms with E-state index in [0.29, 0.717) is 61.9 Å². The van der Waals surface area contributed by atoms with Gasteiger partial charge >= 0.3 is 0 Å².